The summed E-state index contributed by atoms with van der Waals surface area (Å²) < 4.78 is 21.4. The van der Waals surface area contributed by atoms with E-state index in [1.165, 1.54) is 23.3 Å². The molecule has 1 aliphatic carbocycles. The van der Waals surface area contributed by atoms with E-state index in [0.717, 1.165) is 35.3 Å². The van der Waals surface area contributed by atoms with E-state index in [1.807, 2.05) is 22.5 Å². The van der Waals surface area contributed by atoms with Crippen LogP contribution in [-0.2, 0) is 7.05 Å². The fourth-order valence-electron chi connectivity index (χ4n) is 4.50. The van der Waals surface area contributed by atoms with E-state index >= 15 is 4.39 Å². The van der Waals surface area contributed by atoms with E-state index in [9.17, 15) is 5.21 Å². The molecule has 10 nitrogen and oxygen atoms in total. The number of rotatable bonds is 7. The van der Waals surface area contributed by atoms with Gasteiger partial charge < -0.3 is 4.57 Å². The Hall–Kier alpha value is -4.12. The molecule has 0 aliphatic heterocycles. The monoisotopic (exact) mass is 506 g/mol. The van der Waals surface area contributed by atoms with Crippen LogP contribution in [0.25, 0.3) is 28.1 Å². The third kappa shape index (κ3) is 4.01. The Morgan fingerprint density at radius 3 is 2.72 bits per heavy atom. The predicted octanol–water partition coefficient (Wildman–Crippen LogP) is 3.63. The highest BCUT2D eigenvalue weighted by molar-refractivity contribution is 6.31. The Balaban J connectivity index is 1.41. The predicted molar refractivity (Wildman–Crippen MR) is 127 cm³/mol. The molecule has 0 bridgehead atoms. The van der Waals surface area contributed by atoms with E-state index in [4.69, 9.17) is 11.6 Å². The van der Waals surface area contributed by atoms with Gasteiger partial charge in [-0.2, -0.15) is 9.78 Å². The number of hydrogen-bond donors (Lipinski definition) is 1. The Kier molecular flexibility index (Phi) is 5.48. The first-order valence-electron chi connectivity index (χ1n) is 11.5. The minimum absolute atomic E-state index is 0.0405. The molecular weight excluding hydrogens is 485 g/mol. The largest absolute Gasteiger partial charge is 0.334 e. The summed E-state index contributed by atoms with van der Waals surface area (Å²) in [5.74, 6) is -0.0596. The van der Waals surface area contributed by atoms with Crippen molar-refractivity contribution in [3.8, 4) is 28.1 Å². The molecule has 0 amide bonds. The lowest BCUT2D eigenvalue weighted by molar-refractivity contribution is -0.910. The zero-order valence-electron chi connectivity index (χ0n) is 19.3. The van der Waals surface area contributed by atoms with Gasteiger partial charge in [-0.1, -0.05) is 24.4 Å². The molecule has 6 rings (SSSR count). The van der Waals surface area contributed by atoms with Gasteiger partial charge in [-0.25, -0.2) is 9.37 Å². The Bertz CT molecular complexity index is 1540. The summed E-state index contributed by atoms with van der Waals surface area (Å²) in [7, 11) is 1.93. The van der Waals surface area contributed by atoms with E-state index in [-0.39, 0.29) is 16.6 Å². The van der Waals surface area contributed by atoms with Gasteiger partial charge >= 0.3 is 0 Å². The molecule has 1 unspecified atom stereocenters. The number of nitrogens with zero attached hydrogens (tertiary/aromatic N) is 9. The van der Waals surface area contributed by atoms with Gasteiger partial charge in [0.1, 0.15) is 12.4 Å². The lowest BCUT2D eigenvalue weighted by atomic mass is 10.0. The number of hydrogen-bond acceptors (Lipinski definition) is 6. The second kappa shape index (κ2) is 8.83. The van der Waals surface area contributed by atoms with Gasteiger partial charge in [0.05, 0.1) is 46.3 Å². The maximum atomic E-state index is 15.2. The highest BCUT2D eigenvalue weighted by atomic mass is 35.5. The number of halogens is 2. The van der Waals surface area contributed by atoms with Gasteiger partial charge in [-0.05, 0) is 41.0 Å². The van der Waals surface area contributed by atoms with Crippen molar-refractivity contribution in [1.82, 2.24) is 39.5 Å². The molecule has 12 heteroatoms. The quantitative estimate of drug-likeness (QED) is 0.267. The Morgan fingerprint density at radius 1 is 1.17 bits per heavy atom. The molecule has 4 heterocycles. The van der Waals surface area contributed by atoms with Crippen LogP contribution in [0.15, 0.2) is 61.7 Å². The van der Waals surface area contributed by atoms with Gasteiger partial charge in [0.2, 0.25) is 6.20 Å². The van der Waals surface area contributed by atoms with Crippen LogP contribution in [0, 0.1) is 11.7 Å². The van der Waals surface area contributed by atoms with Gasteiger partial charge in [0.25, 0.3) is 5.69 Å². The molecule has 1 saturated carbocycles. The van der Waals surface area contributed by atoms with Crippen molar-refractivity contribution in [3.63, 3.8) is 0 Å². The summed E-state index contributed by atoms with van der Waals surface area (Å²) in [5, 5.41) is 26.8. The first kappa shape index (κ1) is 22.4. The first-order chi connectivity index (χ1) is 17.5. The second-order valence-electron chi connectivity index (χ2n) is 8.99. The number of imidazole rings is 1. The highest BCUT2D eigenvalue weighted by Gasteiger charge is 2.34. The average Bonchev–Trinajstić information content (AvgIpc) is 3.24. The van der Waals surface area contributed by atoms with Gasteiger partial charge in [-0.15, -0.1) is 5.10 Å². The van der Waals surface area contributed by atoms with Crippen LogP contribution in [0.1, 0.15) is 31.0 Å². The van der Waals surface area contributed by atoms with Crippen molar-refractivity contribution in [2.45, 2.75) is 25.3 Å². The molecule has 4 aromatic heterocycles. The van der Waals surface area contributed by atoms with Crippen molar-refractivity contribution in [3.05, 3.63) is 78.2 Å². The minimum Gasteiger partial charge on any atom is -0.334 e. The molecule has 1 fully saturated rings. The number of tetrazole rings is 1. The third-order valence-electron chi connectivity index (χ3n) is 6.55. The summed E-state index contributed by atoms with van der Waals surface area (Å²) in [4.78, 5) is 4.19. The molecule has 0 radical (unpaired) electrons. The summed E-state index contributed by atoms with van der Waals surface area (Å²) in [6.07, 6.45) is 13.3. The van der Waals surface area contributed by atoms with Crippen LogP contribution in [0.4, 0.5) is 4.39 Å². The topological polar surface area (TPSA) is 103 Å². The van der Waals surface area contributed by atoms with E-state index in [0.29, 0.717) is 22.9 Å². The smallest absolute Gasteiger partial charge is 0.258 e. The minimum atomic E-state index is -0.625. The molecule has 1 atom stereocenters. The normalized spacial score (nSPS) is 14.3. The summed E-state index contributed by atoms with van der Waals surface area (Å²) in [6, 6.07) is 6.42. The lowest BCUT2D eigenvalue weighted by Crippen LogP contribution is -2.38. The standard InChI is InChI=1S/C24H22ClFN9O/c1-32-13-27-10-22(32)17-9-29-33(11-17)21(8-15-2-3-15)19-6-4-16(12-35(19)36)23-20(34-14-28-30-31-34)7-5-18(25)24(23)26/h4-7,9-15,21,36H,2-3,8H2,1H3/q+1. The van der Waals surface area contributed by atoms with Crippen LogP contribution >= 0.6 is 11.6 Å². The summed E-state index contributed by atoms with van der Waals surface area (Å²) >= 11 is 6.10. The number of aryl methyl sites for hydroxylation is 1. The molecular formula is C24H22ClFN9O+. The fraction of sp³-hybridized carbons (Fsp3) is 0.250. The number of benzene rings is 1. The maximum Gasteiger partial charge on any atom is 0.258 e. The van der Waals surface area contributed by atoms with E-state index < -0.39 is 5.82 Å². The Morgan fingerprint density at radius 2 is 2.03 bits per heavy atom. The zero-order valence-corrected chi connectivity index (χ0v) is 20.0. The lowest BCUT2D eigenvalue weighted by Gasteiger charge is -2.15. The van der Waals surface area contributed by atoms with Gasteiger partial charge in [0.15, 0.2) is 5.82 Å². The number of aromatic nitrogens is 9. The zero-order chi connectivity index (χ0) is 24.8. The average molecular weight is 507 g/mol. The molecule has 0 saturated heterocycles. The van der Waals surface area contributed by atoms with Crippen molar-refractivity contribution in [2.24, 2.45) is 13.0 Å². The maximum absolute atomic E-state index is 15.2. The molecule has 36 heavy (non-hydrogen) atoms. The molecule has 5 aromatic rings. The SMILES string of the molecule is Cn1cncc1-c1cnn(C(CC2CC2)c2ccc(-c3c(-n4cnnn4)ccc(Cl)c3F)c[n+]2O)c1. The van der Waals surface area contributed by atoms with Crippen molar-refractivity contribution in [1.29, 1.82) is 0 Å². The first-order valence-corrected chi connectivity index (χ1v) is 11.8. The second-order valence-corrected chi connectivity index (χ2v) is 9.40. The molecule has 1 N–H and O–H groups in total. The molecule has 182 valence electrons. The van der Waals surface area contributed by atoms with Crippen LogP contribution in [0.3, 0.4) is 0 Å². The van der Waals surface area contributed by atoms with Crippen LogP contribution in [0.2, 0.25) is 5.02 Å². The van der Waals surface area contributed by atoms with Gasteiger partial charge in [-0.3, -0.25) is 9.89 Å². The van der Waals surface area contributed by atoms with Crippen molar-refractivity contribution >= 4 is 11.6 Å². The van der Waals surface area contributed by atoms with Crippen LogP contribution in [-0.4, -0.2) is 44.7 Å². The molecule has 0 spiro atoms. The van der Waals surface area contributed by atoms with E-state index in [2.05, 4.69) is 25.6 Å². The van der Waals surface area contributed by atoms with Crippen LogP contribution in [0.5, 0.6) is 0 Å². The van der Waals surface area contributed by atoms with Crippen molar-refractivity contribution < 1.29 is 14.3 Å². The molecule has 1 aromatic carbocycles. The third-order valence-corrected chi connectivity index (χ3v) is 6.84. The van der Waals surface area contributed by atoms with E-state index in [1.54, 1.807) is 36.9 Å². The molecule has 1 aliphatic rings. The Labute approximate surface area is 210 Å². The van der Waals surface area contributed by atoms with Gasteiger partial charge in [0, 0.05) is 29.6 Å². The number of pyridine rings is 1. The van der Waals surface area contributed by atoms with Crippen molar-refractivity contribution in [2.75, 3.05) is 0 Å². The summed E-state index contributed by atoms with van der Waals surface area (Å²) in [6.45, 7) is 0. The van der Waals surface area contributed by atoms with Crippen LogP contribution < -0.4 is 4.73 Å². The fourth-order valence-corrected chi connectivity index (χ4v) is 4.66. The summed E-state index contributed by atoms with van der Waals surface area (Å²) in [5.41, 5.74) is 3.52. The highest BCUT2D eigenvalue weighted by Crippen LogP contribution is 2.39.